The van der Waals surface area contributed by atoms with Crippen LogP contribution in [-0.2, 0) is 16.0 Å². The van der Waals surface area contributed by atoms with Crippen LogP contribution in [0.15, 0.2) is 24.5 Å². The number of fused-ring (bicyclic) bond motifs is 1. The van der Waals surface area contributed by atoms with E-state index in [1.54, 1.807) is 12.4 Å². The van der Waals surface area contributed by atoms with Crippen molar-refractivity contribution >= 4 is 22.8 Å². The third-order valence-corrected chi connectivity index (χ3v) is 3.94. The van der Waals surface area contributed by atoms with Crippen LogP contribution in [0.1, 0.15) is 12.0 Å². The third kappa shape index (κ3) is 2.36. The molecule has 2 amide bonds. The number of β-amino-alcohol motifs (C(OH)–C–C–N with tert-alkyl or cyclic N) is 1. The number of carbonyl (C=O) groups excluding carboxylic acids is 2. The van der Waals surface area contributed by atoms with Gasteiger partial charge in [-0.05, 0) is 17.7 Å². The second-order valence-corrected chi connectivity index (χ2v) is 5.35. The standard InChI is InChI=1S/C14H16N4O3/c15-13(20)14(21)3-5-18(8-14)11(19)6-9-7-17-12-10(9)2-1-4-16-12/h1-2,4,7,21H,3,5-6,8H2,(H2,15,20)(H,16,17). The summed E-state index contributed by atoms with van der Waals surface area (Å²) in [7, 11) is 0. The average Bonchev–Trinajstić information content (AvgIpc) is 3.05. The molecule has 0 radical (unpaired) electrons. The number of nitrogens with zero attached hydrogens (tertiary/aromatic N) is 2. The summed E-state index contributed by atoms with van der Waals surface area (Å²) >= 11 is 0. The van der Waals surface area contributed by atoms with Gasteiger partial charge < -0.3 is 20.7 Å². The van der Waals surface area contributed by atoms with Gasteiger partial charge in [0, 0.05) is 30.7 Å². The highest BCUT2D eigenvalue weighted by Gasteiger charge is 2.42. The van der Waals surface area contributed by atoms with Crippen LogP contribution in [0, 0.1) is 0 Å². The van der Waals surface area contributed by atoms with E-state index in [4.69, 9.17) is 5.73 Å². The van der Waals surface area contributed by atoms with Crippen molar-refractivity contribution in [2.75, 3.05) is 13.1 Å². The smallest absolute Gasteiger partial charge is 0.251 e. The van der Waals surface area contributed by atoms with E-state index in [-0.39, 0.29) is 25.3 Å². The Bertz CT molecular complexity index is 711. The second kappa shape index (κ2) is 4.85. The maximum Gasteiger partial charge on any atom is 0.251 e. The van der Waals surface area contributed by atoms with Gasteiger partial charge in [0.25, 0.3) is 5.91 Å². The van der Waals surface area contributed by atoms with E-state index in [0.717, 1.165) is 16.6 Å². The van der Waals surface area contributed by atoms with Gasteiger partial charge in [0.1, 0.15) is 5.65 Å². The molecule has 0 saturated carbocycles. The fourth-order valence-corrected chi connectivity index (χ4v) is 2.64. The molecule has 2 aromatic rings. The number of aliphatic hydroxyl groups is 1. The minimum absolute atomic E-state index is 0.0399. The topological polar surface area (TPSA) is 112 Å². The molecule has 1 aliphatic rings. The van der Waals surface area contributed by atoms with Gasteiger partial charge in [0.15, 0.2) is 5.60 Å². The lowest BCUT2D eigenvalue weighted by Gasteiger charge is -2.20. The van der Waals surface area contributed by atoms with E-state index in [1.165, 1.54) is 4.90 Å². The molecule has 21 heavy (non-hydrogen) atoms. The molecule has 0 spiro atoms. The maximum absolute atomic E-state index is 12.3. The largest absolute Gasteiger partial charge is 0.378 e. The zero-order chi connectivity index (χ0) is 15.0. The maximum atomic E-state index is 12.3. The van der Waals surface area contributed by atoms with Crippen LogP contribution >= 0.6 is 0 Å². The Kier molecular flexibility index (Phi) is 3.13. The predicted octanol–water partition coefficient (Wildman–Crippen LogP) is -0.446. The molecular weight excluding hydrogens is 272 g/mol. The second-order valence-electron chi connectivity index (χ2n) is 5.35. The lowest BCUT2D eigenvalue weighted by atomic mass is 10.0. The van der Waals surface area contributed by atoms with E-state index in [0.29, 0.717) is 6.54 Å². The van der Waals surface area contributed by atoms with Crippen molar-refractivity contribution in [3.8, 4) is 0 Å². The summed E-state index contributed by atoms with van der Waals surface area (Å²) < 4.78 is 0. The first-order chi connectivity index (χ1) is 9.99. The van der Waals surface area contributed by atoms with Crippen LogP contribution in [0.3, 0.4) is 0 Å². The zero-order valence-corrected chi connectivity index (χ0v) is 11.4. The van der Waals surface area contributed by atoms with Crippen molar-refractivity contribution in [2.24, 2.45) is 5.73 Å². The Morgan fingerprint density at radius 2 is 2.33 bits per heavy atom. The quantitative estimate of drug-likeness (QED) is 0.710. The third-order valence-electron chi connectivity index (χ3n) is 3.94. The Labute approximate surface area is 120 Å². The Morgan fingerprint density at radius 3 is 3.05 bits per heavy atom. The molecule has 0 aromatic carbocycles. The fourth-order valence-electron chi connectivity index (χ4n) is 2.64. The molecule has 2 aromatic heterocycles. The van der Waals surface area contributed by atoms with E-state index in [2.05, 4.69) is 9.97 Å². The zero-order valence-electron chi connectivity index (χ0n) is 11.4. The Morgan fingerprint density at radius 1 is 1.52 bits per heavy atom. The minimum Gasteiger partial charge on any atom is -0.378 e. The summed E-state index contributed by atoms with van der Waals surface area (Å²) in [4.78, 5) is 32.2. The molecule has 110 valence electrons. The van der Waals surface area contributed by atoms with Crippen molar-refractivity contribution in [1.29, 1.82) is 0 Å². The monoisotopic (exact) mass is 288 g/mol. The molecule has 1 fully saturated rings. The number of aromatic amines is 1. The van der Waals surface area contributed by atoms with Gasteiger partial charge in [-0.2, -0.15) is 0 Å². The van der Waals surface area contributed by atoms with Crippen LogP contribution in [0.25, 0.3) is 11.0 Å². The number of likely N-dealkylation sites (tertiary alicyclic amines) is 1. The normalized spacial score (nSPS) is 21.9. The van der Waals surface area contributed by atoms with Crippen LogP contribution in [0.4, 0.5) is 0 Å². The highest BCUT2D eigenvalue weighted by atomic mass is 16.3. The van der Waals surface area contributed by atoms with E-state index in [1.807, 2.05) is 12.1 Å². The van der Waals surface area contributed by atoms with Crippen molar-refractivity contribution in [3.63, 3.8) is 0 Å². The van der Waals surface area contributed by atoms with Gasteiger partial charge in [-0.3, -0.25) is 9.59 Å². The number of pyridine rings is 1. The molecule has 1 aliphatic heterocycles. The summed E-state index contributed by atoms with van der Waals surface area (Å²) in [5, 5.41) is 10.9. The molecule has 3 rings (SSSR count). The first kappa shape index (κ1) is 13.6. The van der Waals surface area contributed by atoms with Crippen molar-refractivity contribution in [1.82, 2.24) is 14.9 Å². The highest BCUT2D eigenvalue weighted by molar-refractivity contribution is 5.89. The summed E-state index contributed by atoms with van der Waals surface area (Å²) in [6.07, 6.45) is 3.81. The van der Waals surface area contributed by atoms with Crippen molar-refractivity contribution < 1.29 is 14.7 Å². The fraction of sp³-hybridized carbons (Fsp3) is 0.357. The predicted molar refractivity (Wildman–Crippen MR) is 75.1 cm³/mol. The van der Waals surface area contributed by atoms with Crippen LogP contribution in [0.2, 0.25) is 0 Å². The molecule has 7 nitrogen and oxygen atoms in total. The molecule has 7 heteroatoms. The summed E-state index contributed by atoms with van der Waals surface area (Å²) in [6, 6.07) is 3.71. The van der Waals surface area contributed by atoms with Gasteiger partial charge in [-0.25, -0.2) is 4.98 Å². The molecule has 0 bridgehead atoms. The number of carbonyl (C=O) groups is 2. The van der Waals surface area contributed by atoms with Gasteiger partial charge in [0.2, 0.25) is 5.91 Å². The first-order valence-corrected chi connectivity index (χ1v) is 6.71. The summed E-state index contributed by atoms with van der Waals surface area (Å²) in [5.74, 6) is -0.925. The average molecular weight is 288 g/mol. The first-order valence-electron chi connectivity index (χ1n) is 6.71. The van der Waals surface area contributed by atoms with Gasteiger partial charge in [0.05, 0.1) is 13.0 Å². The highest BCUT2D eigenvalue weighted by Crippen LogP contribution is 2.23. The molecule has 4 N–H and O–H groups in total. The molecule has 0 aliphatic carbocycles. The molecular formula is C14H16N4O3. The number of nitrogens with two attached hydrogens (primary N) is 1. The number of amides is 2. The van der Waals surface area contributed by atoms with Gasteiger partial charge in [-0.15, -0.1) is 0 Å². The van der Waals surface area contributed by atoms with Gasteiger partial charge in [-0.1, -0.05) is 0 Å². The van der Waals surface area contributed by atoms with E-state index >= 15 is 0 Å². The van der Waals surface area contributed by atoms with Crippen molar-refractivity contribution in [2.45, 2.75) is 18.4 Å². The van der Waals surface area contributed by atoms with Crippen LogP contribution in [-0.4, -0.2) is 50.5 Å². The van der Waals surface area contributed by atoms with E-state index < -0.39 is 11.5 Å². The SMILES string of the molecule is NC(=O)C1(O)CCN(C(=O)Cc2c[nH]c3ncccc23)C1. The number of hydrogen-bond donors (Lipinski definition) is 3. The molecule has 1 unspecified atom stereocenters. The number of rotatable bonds is 3. The number of hydrogen-bond acceptors (Lipinski definition) is 4. The lowest BCUT2D eigenvalue weighted by molar-refractivity contribution is -0.137. The Hall–Kier alpha value is -2.41. The van der Waals surface area contributed by atoms with Crippen LogP contribution in [0.5, 0.6) is 0 Å². The summed E-state index contributed by atoms with van der Waals surface area (Å²) in [5.41, 5.74) is 5.14. The van der Waals surface area contributed by atoms with Crippen LogP contribution < -0.4 is 5.73 Å². The molecule has 1 saturated heterocycles. The molecule has 1 atom stereocenters. The molecule has 3 heterocycles. The number of nitrogens with one attached hydrogen (secondary N) is 1. The number of primary amides is 1. The lowest BCUT2D eigenvalue weighted by Crippen LogP contribution is -2.46. The number of aromatic nitrogens is 2. The summed E-state index contributed by atoms with van der Waals surface area (Å²) in [6.45, 7) is 0.292. The number of H-pyrrole nitrogens is 1. The Balaban J connectivity index is 1.74. The van der Waals surface area contributed by atoms with E-state index in [9.17, 15) is 14.7 Å². The van der Waals surface area contributed by atoms with Gasteiger partial charge >= 0.3 is 0 Å². The minimum atomic E-state index is -1.60. The van der Waals surface area contributed by atoms with Crippen molar-refractivity contribution in [3.05, 3.63) is 30.1 Å².